The number of benzene rings is 8. The molecule has 0 saturated heterocycles. The van der Waals surface area contributed by atoms with Crippen LogP contribution in [0.2, 0.25) is 0 Å². The molecule has 0 amide bonds. The molecule has 232 valence electrons. The molecule has 1 aliphatic heterocycles. The summed E-state index contributed by atoms with van der Waals surface area (Å²) in [6.07, 6.45) is 2.36. The quantitative estimate of drug-likeness (QED) is 0.166. The van der Waals surface area contributed by atoms with Gasteiger partial charge in [-0.25, -0.2) is 9.48 Å². The summed E-state index contributed by atoms with van der Waals surface area (Å²) in [6.45, 7) is 0. The maximum atomic E-state index is 2.51. The third kappa shape index (κ3) is 5.28. The molecule has 0 spiro atoms. The van der Waals surface area contributed by atoms with Crippen LogP contribution in [0.3, 0.4) is 0 Å². The minimum atomic E-state index is 0.00914. The molecule has 49 heavy (non-hydrogen) atoms. The van der Waals surface area contributed by atoms with Gasteiger partial charge in [0.2, 0.25) is 6.34 Å². The van der Waals surface area contributed by atoms with Crippen LogP contribution in [-0.2, 0) is 0 Å². The second-order valence-electron chi connectivity index (χ2n) is 12.8. The molecule has 0 N–H and O–H groups in total. The monoisotopic (exact) mass is 627 g/mol. The van der Waals surface area contributed by atoms with Crippen molar-refractivity contribution in [2.24, 2.45) is 0 Å². The van der Waals surface area contributed by atoms with Crippen LogP contribution in [0.1, 0.15) is 23.2 Å². The van der Waals surface area contributed by atoms with E-state index in [1.165, 1.54) is 66.3 Å². The molecule has 8 aromatic rings. The molecule has 1 heterocycles. The van der Waals surface area contributed by atoms with Gasteiger partial charge < -0.3 is 0 Å². The minimum absolute atomic E-state index is 0.00914. The summed E-state index contributed by atoms with van der Waals surface area (Å²) in [4.78, 5) is 2.51. The van der Waals surface area contributed by atoms with Gasteiger partial charge in [0, 0.05) is 22.3 Å². The largest absolute Gasteiger partial charge is 0.245 e. The van der Waals surface area contributed by atoms with E-state index in [1.54, 1.807) is 0 Å². The molecular weight excluding hydrogens is 593 g/mol. The highest BCUT2D eigenvalue weighted by Gasteiger charge is 2.46. The van der Waals surface area contributed by atoms with Gasteiger partial charge in [-0.2, -0.15) is 0 Å². The Morgan fingerprint density at radius 1 is 0.388 bits per heavy atom. The van der Waals surface area contributed by atoms with Crippen molar-refractivity contribution < 1.29 is 4.58 Å². The van der Waals surface area contributed by atoms with Crippen LogP contribution in [0, 0.1) is 0 Å². The zero-order valence-corrected chi connectivity index (χ0v) is 27.1. The van der Waals surface area contributed by atoms with Crippen molar-refractivity contribution in [1.82, 2.24) is 0 Å². The third-order valence-corrected chi connectivity index (χ3v) is 9.91. The molecule has 2 nitrogen and oxygen atoms in total. The molecule has 0 radical (unpaired) electrons. The number of rotatable bonds is 6. The normalized spacial score (nSPS) is 15.8. The Morgan fingerprint density at radius 2 is 0.878 bits per heavy atom. The van der Waals surface area contributed by atoms with Gasteiger partial charge >= 0.3 is 0 Å². The Bertz CT molecular complexity index is 2460. The fourth-order valence-electron chi connectivity index (χ4n) is 7.59. The predicted molar refractivity (Wildman–Crippen MR) is 206 cm³/mol. The van der Waals surface area contributed by atoms with Crippen molar-refractivity contribution in [3.8, 4) is 22.3 Å². The van der Waals surface area contributed by atoms with Crippen LogP contribution in [0.15, 0.2) is 194 Å². The predicted octanol–water partition coefficient (Wildman–Crippen LogP) is 12.0. The lowest BCUT2D eigenvalue weighted by Gasteiger charge is -2.25. The first-order valence-corrected chi connectivity index (χ1v) is 17.0. The first-order valence-electron chi connectivity index (χ1n) is 17.0. The highest BCUT2D eigenvalue weighted by atomic mass is 15.3. The smallest absolute Gasteiger partial charge is 0.221 e. The number of para-hydroxylation sites is 2. The summed E-state index contributed by atoms with van der Waals surface area (Å²) < 4.78 is 2.51. The zero-order chi connectivity index (χ0) is 32.6. The van der Waals surface area contributed by atoms with Gasteiger partial charge in [-0.1, -0.05) is 170 Å². The fraction of sp³-hybridized carbons (Fsp3) is 0.0426. The molecule has 0 aliphatic carbocycles. The standard InChI is InChI=1S/C47H35N2/c1-3-17-36(18-4-1)46-47(37-19-5-2-6-20-37)49(45-26-14-12-24-43(45)41-30-28-35-16-8-10-22-39(35)32-41)33-48(46)44-25-13-11-23-42(44)40-29-27-34-15-7-9-21-38(34)31-40/h1-33,46-47H/q+1/t46-,47-/m0/s1. The van der Waals surface area contributed by atoms with E-state index in [9.17, 15) is 0 Å². The van der Waals surface area contributed by atoms with E-state index in [0.717, 1.165) is 0 Å². The average molecular weight is 628 g/mol. The molecule has 0 aromatic heterocycles. The molecule has 1 aliphatic rings. The van der Waals surface area contributed by atoms with Gasteiger partial charge in [0.25, 0.3) is 0 Å². The van der Waals surface area contributed by atoms with Crippen molar-refractivity contribution in [3.63, 3.8) is 0 Å². The highest BCUT2D eigenvalue weighted by molar-refractivity contribution is 5.94. The summed E-state index contributed by atoms with van der Waals surface area (Å²) in [6, 6.07) is 70.6. The van der Waals surface area contributed by atoms with Crippen LogP contribution < -0.4 is 4.90 Å². The summed E-state index contributed by atoms with van der Waals surface area (Å²) in [5.74, 6) is 0. The van der Waals surface area contributed by atoms with Crippen molar-refractivity contribution in [2.45, 2.75) is 12.1 Å². The maximum Gasteiger partial charge on any atom is 0.245 e. The molecule has 8 aromatic carbocycles. The number of fused-ring (bicyclic) bond motifs is 2. The minimum Gasteiger partial charge on any atom is -0.221 e. The van der Waals surface area contributed by atoms with Gasteiger partial charge in [-0.05, 0) is 56.9 Å². The van der Waals surface area contributed by atoms with Crippen LogP contribution in [0.5, 0.6) is 0 Å². The van der Waals surface area contributed by atoms with Crippen molar-refractivity contribution >= 4 is 39.3 Å². The zero-order valence-electron chi connectivity index (χ0n) is 27.1. The van der Waals surface area contributed by atoms with E-state index in [4.69, 9.17) is 0 Å². The number of nitrogens with zero attached hydrogens (tertiary/aromatic N) is 2. The molecule has 0 bridgehead atoms. The third-order valence-electron chi connectivity index (χ3n) is 9.91. The Balaban J connectivity index is 1.28. The van der Waals surface area contributed by atoms with Crippen molar-refractivity contribution in [2.75, 3.05) is 4.90 Å². The summed E-state index contributed by atoms with van der Waals surface area (Å²) in [5, 5.41) is 4.99. The molecule has 0 fully saturated rings. The molecule has 2 atom stereocenters. The summed E-state index contributed by atoms with van der Waals surface area (Å²) in [5.41, 5.74) is 9.74. The fourth-order valence-corrected chi connectivity index (χ4v) is 7.59. The molecule has 2 heteroatoms. The number of hydrogen-bond acceptors (Lipinski definition) is 1. The van der Waals surface area contributed by atoms with E-state index in [1.807, 2.05) is 0 Å². The molecule has 9 rings (SSSR count). The highest BCUT2D eigenvalue weighted by Crippen LogP contribution is 2.48. The van der Waals surface area contributed by atoms with Gasteiger partial charge in [0.1, 0.15) is 11.4 Å². The first kappa shape index (κ1) is 28.9. The van der Waals surface area contributed by atoms with E-state index >= 15 is 0 Å². The van der Waals surface area contributed by atoms with Gasteiger partial charge in [-0.15, -0.1) is 0 Å². The van der Waals surface area contributed by atoms with E-state index in [-0.39, 0.29) is 12.1 Å². The SMILES string of the molecule is C1=[N+](c2ccccc2-c2ccc3ccccc3c2)[C@@H](c2ccccc2)[C@H](c2ccccc2)N1c1ccccc1-c1ccc2ccccc2c1. The van der Waals surface area contributed by atoms with Crippen molar-refractivity contribution in [3.05, 3.63) is 205 Å². The Hall–Kier alpha value is -6.25. The van der Waals surface area contributed by atoms with Crippen LogP contribution in [0.25, 0.3) is 43.8 Å². The van der Waals surface area contributed by atoms with Gasteiger partial charge in [-0.3, -0.25) is 0 Å². The average Bonchev–Trinajstić information content (AvgIpc) is 3.59. The maximum absolute atomic E-state index is 2.51. The Labute approximate surface area is 287 Å². The molecular formula is C47H35N2+. The van der Waals surface area contributed by atoms with E-state index in [0.29, 0.717) is 0 Å². The van der Waals surface area contributed by atoms with Crippen LogP contribution >= 0.6 is 0 Å². The summed E-state index contributed by atoms with van der Waals surface area (Å²) >= 11 is 0. The lowest BCUT2D eigenvalue weighted by atomic mass is 9.91. The number of hydrogen-bond donors (Lipinski definition) is 0. The van der Waals surface area contributed by atoms with Crippen LogP contribution in [-0.4, -0.2) is 10.9 Å². The van der Waals surface area contributed by atoms with E-state index < -0.39 is 0 Å². The molecule has 0 saturated carbocycles. The molecule has 0 unspecified atom stereocenters. The van der Waals surface area contributed by atoms with Crippen molar-refractivity contribution in [1.29, 1.82) is 0 Å². The van der Waals surface area contributed by atoms with Gasteiger partial charge in [0.05, 0.1) is 0 Å². The lowest BCUT2D eigenvalue weighted by molar-refractivity contribution is -0.480. The second kappa shape index (κ2) is 12.4. The topological polar surface area (TPSA) is 6.25 Å². The second-order valence-corrected chi connectivity index (χ2v) is 12.8. The van der Waals surface area contributed by atoms with Gasteiger partial charge in [0.15, 0.2) is 12.1 Å². The first-order chi connectivity index (χ1) is 24.3. The van der Waals surface area contributed by atoms with E-state index in [2.05, 4.69) is 210 Å². The lowest BCUT2D eigenvalue weighted by Crippen LogP contribution is -2.26. The summed E-state index contributed by atoms with van der Waals surface area (Å²) in [7, 11) is 0. The Morgan fingerprint density at radius 3 is 1.53 bits per heavy atom. The van der Waals surface area contributed by atoms with Crippen LogP contribution in [0.4, 0.5) is 11.4 Å². The number of anilines is 1. The Kier molecular flexibility index (Phi) is 7.33.